The summed E-state index contributed by atoms with van der Waals surface area (Å²) in [5, 5.41) is 6.72. The second-order valence-electron chi connectivity index (χ2n) is 6.00. The molecule has 0 saturated heterocycles. The fourth-order valence-corrected chi connectivity index (χ4v) is 2.87. The third-order valence-electron chi connectivity index (χ3n) is 3.72. The first kappa shape index (κ1) is 19.4. The van der Waals surface area contributed by atoms with E-state index in [9.17, 15) is 4.79 Å². The molecule has 2 aromatic carbocycles. The first-order valence-electron chi connectivity index (χ1n) is 8.04. The van der Waals surface area contributed by atoms with Crippen LogP contribution in [0.2, 0.25) is 10.0 Å². The van der Waals surface area contributed by atoms with Crippen LogP contribution in [-0.4, -0.2) is 18.7 Å². The Morgan fingerprint density at radius 2 is 1.84 bits per heavy atom. The van der Waals surface area contributed by atoms with Gasteiger partial charge in [-0.05, 0) is 49.6 Å². The van der Waals surface area contributed by atoms with Gasteiger partial charge in [-0.1, -0.05) is 47.5 Å². The number of para-hydroxylation sites is 1. The number of amides is 2. The minimum absolute atomic E-state index is 0.139. The van der Waals surface area contributed by atoms with Crippen molar-refractivity contribution in [3.05, 3.63) is 63.1 Å². The second kappa shape index (κ2) is 8.97. The summed E-state index contributed by atoms with van der Waals surface area (Å²) < 4.78 is 5.85. The maximum absolute atomic E-state index is 12.0. The summed E-state index contributed by atoms with van der Waals surface area (Å²) in [6, 6.07) is 10.8. The number of ether oxygens (including phenoxy) is 1. The van der Waals surface area contributed by atoms with Crippen molar-refractivity contribution in [3.8, 4) is 5.75 Å². The molecule has 6 heteroatoms. The molecule has 2 rings (SSSR count). The number of hydrogen-bond acceptors (Lipinski definition) is 2. The molecule has 134 valence electrons. The van der Waals surface area contributed by atoms with Crippen molar-refractivity contribution in [2.24, 2.45) is 0 Å². The summed E-state index contributed by atoms with van der Waals surface area (Å²) >= 11 is 11.9. The quantitative estimate of drug-likeness (QED) is 0.750. The van der Waals surface area contributed by atoms with E-state index >= 15 is 0 Å². The maximum Gasteiger partial charge on any atom is 0.315 e. The zero-order valence-electron chi connectivity index (χ0n) is 14.5. The van der Waals surface area contributed by atoms with Gasteiger partial charge < -0.3 is 15.4 Å². The van der Waals surface area contributed by atoms with Crippen LogP contribution < -0.4 is 15.4 Å². The SMILES string of the molecule is Cc1cccc(C)c1OCC(C)NC(=O)NCc1ccc(Cl)cc1Cl. The normalized spacial score (nSPS) is 11.7. The van der Waals surface area contributed by atoms with Crippen LogP contribution in [0.5, 0.6) is 5.75 Å². The van der Waals surface area contributed by atoms with E-state index in [1.807, 2.05) is 39.0 Å². The molecule has 0 heterocycles. The zero-order chi connectivity index (χ0) is 18.4. The Hall–Kier alpha value is -1.91. The van der Waals surface area contributed by atoms with Gasteiger partial charge in [-0.15, -0.1) is 0 Å². The molecule has 1 unspecified atom stereocenters. The Kier molecular flexibility index (Phi) is 6.97. The number of halogens is 2. The van der Waals surface area contributed by atoms with E-state index in [4.69, 9.17) is 27.9 Å². The predicted molar refractivity (Wildman–Crippen MR) is 103 cm³/mol. The average Bonchev–Trinajstić information content (AvgIpc) is 2.53. The van der Waals surface area contributed by atoms with E-state index in [0.29, 0.717) is 23.2 Å². The molecule has 0 fully saturated rings. The number of urea groups is 1. The summed E-state index contributed by atoms with van der Waals surface area (Å²) in [6.07, 6.45) is 0. The van der Waals surface area contributed by atoms with Gasteiger partial charge in [0.1, 0.15) is 12.4 Å². The number of nitrogens with one attached hydrogen (secondary N) is 2. The van der Waals surface area contributed by atoms with Gasteiger partial charge in [0, 0.05) is 16.6 Å². The number of benzene rings is 2. The summed E-state index contributed by atoms with van der Waals surface area (Å²) in [5.74, 6) is 0.865. The molecule has 0 aliphatic rings. The molecule has 2 amide bonds. The summed E-state index contributed by atoms with van der Waals surface area (Å²) in [4.78, 5) is 12.0. The molecular weight excluding hydrogens is 359 g/mol. The highest BCUT2D eigenvalue weighted by Crippen LogP contribution is 2.22. The minimum Gasteiger partial charge on any atom is -0.491 e. The summed E-state index contributed by atoms with van der Waals surface area (Å²) in [6.45, 7) is 6.61. The molecule has 2 aromatic rings. The molecule has 4 nitrogen and oxygen atoms in total. The highest BCUT2D eigenvalue weighted by molar-refractivity contribution is 6.35. The van der Waals surface area contributed by atoms with Crippen LogP contribution in [0.3, 0.4) is 0 Å². The minimum atomic E-state index is -0.274. The van der Waals surface area contributed by atoms with Crippen molar-refractivity contribution in [3.63, 3.8) is 0 Å². The van der Waals surface area contributed by atoms with Crippen LogP contribution in [-0.2, 0) is 6.54 Å². The monoisotopic (exact) mass is 380 g/mol. The highest BCUT2D eigenvalue weighted by atomic mass is 35.5. The summed E-state index contributed by atoms with van der Waals surface area (Å²) in [7, 11) is 0. The van der Waals surface area contributed by atoms with Crippen molar-refractivity contribution in [1.29, 1.82) is 0 Å². The van der Waals surface area contributed by atoms with Crippen molar-refractivity contribution >= 4 is 29.2 Å². The van der Waals surface area contributed by atoms with E-state index in [2.05, 4.69) is 10.6 Å². The first-order valence-corrected chi connectivity index (χ1v) is 8.79. The number of carbonyl (C=O) groups excluding carboxylic acids is 1. The van der Waals surface area contributed by atoms with Gasteiger partial charge >= 0.3 is 6.03 Å². The third-order valence-corrected chi connectivity index (χ3v) is 4.31. The van der Waals surface area contributed by atoms with Gasteiger partial charge in [0.2, 0.25) is 0 Å². The van der Waals surface area contributed by atoms with Crippen LogP contribution >= 0.6 is 23.2 Å². The van der Waals surface area contributed by atoms with E-state index in [-0.39, 0.29) is 12.1 Å². The van der Waals surface area contributed by atoms with Gasteiger partial charge in [0.05, 0.1) is 6.04 Å². The Morgan fingerprint density at radius 1 is 1.16 bits per heavy atom. The molecule has 0 saturated carbocycles. The molecule has 0 bridgehead atoms. The fraction of sp³-hybridized carbons (Fsp3) is 0.316. The molecule has 0 aliphatic heterocycles. The molecule has 0 aromatic heterocycles. The topological polar surface area (TPSA) is 50.4 Å². The van der Waals surface area contributed by atoms with E-state index in [0.717, 1.165) is 22.4 Å². The van der Waals surface area contributed by atoms with Gasteiger partial charge in [0.15, 0.2) is 0 Å². The van der Waals surface area contributed by atoms with Crippen LogP contribution in [0.15, 0.2) is 36.4 Å². The van der Waals surface area contributed by atoms with Crippen LogP contribution in [0.1, 0.15) is 23.6 Å². The smallest absolute Gasteiger partial charge is 0.315 e. The Balaban J connectivity index is 1.80. The Morgan fingerprint density at radius 3 is 2.48 bits per heavy atom. The molecular formula is C19H22Cl2N2O2. The number of aryl methyl sites for hydroxylation is 2. The second-order valence-corrected chi connectivity index (χ2v) is 6.84. The fourth-order valence-electron chi connectivity index (χ4n) is 2.39. The van der Waals surface area contributed by atoms with Crippen molar-refractivity contribution in [2.45, 2.75) is 33.4 Å². The highest BCUT2D eigenvalue weighted by Gasteiger charge is 2.10. The lowest BCUT2D eigenvalue weighted by molar-refractivity contribution is 0.225. The average molecular weight is 381 g/mol. The molecule has 1 atom stereocenters. The number of rotatable bonds is 6. The van der Waals surface area contributed by atoms with Crippen LogP contribution in [0, 0.1) is 13.8 Å². The molecule has 0 aliphatic carbocycles. The standard InChI is InChI=1S/C19H22Cl2N2O2/c1-12-5-4-6-13(2)18(12)25-11-14(3)23-19(24)22-10-15-7-8-16(20)9-17(15)21/h4-9,14H,10-11H2,1-3H3,(H2,22,23,24). The molecule has 0 radical (unpaired) electrons. The van der Waals surface area contributed by atoms with Gasteiger partial charge in [-0.3, -0.25) is 0 Å². The van der Waals surface area contributed by atoms with Gasteiger partial charge in [-0.2, -0.15) is 0 Å². The van der Waals surface area contributed by atoms with E-state index in [1.165, 1.54) is 0 Å². The molecule has 25 heavy (non-hydrogen) atoms. The number of carbonyl (C=O) groups is 1. The predicted octanol–water partition coefficient (Wildman–Crippen LogP) is 4.88. The largest absolute Gasteiger partial charge is 0.491 e. The lowest BCUT2D eigenvalue weighted by Crippen LogP contribution is -2.43. The molecule has 2 N–H and O–H groups in total. The van der Waals surface area contributed by atoms with E-state index in [1.54, 1.807) is 18.2 Å². The van der Waals surface area contributed by atoms with Crippen molar-refractivity contribution < 1.29 is 9.53 Å². The van der Waals surface area contributed by atoms with Gasteiger partial charge in [0.25, 0.3) is 0 Å². The van der Waals surface area contributed by atoms with Gasteiger partial charge in [-0.25, -0.2) is 4.79 Å². The van der Waals surface area contributed by atoms with E-state index < -0.39 is 0 Å². The maximum atomic E-state index is 12.0. The van der Waals surface area contributed by atoms with Crippen LogP contribution in [0.4, 0.5) is 4.79 Å². The molecule has 0 spiro atoms. The van der Waals surface area contributed by atoms with Crippen LogP contribution in [0.25, 0.3) is 0 Å². The lowest BCUT2D eigenvalue weighted by Gasteiger charge is -2.18. The number of hydrogen-bond donors (Lipinski definition) is 2. The van der Waals surface area contributed by atoms with Crippen molar-refractivity contribution in [2.75, 3.05) is 6.61 Å². The third kappa shape index (κ3) is 5.83. The Labute approximate surface area is 158 Å². The zero-order valence-corrected chi connectivity index (χ0v) is 16.0. The summed E-state index contributed by atoms with van der Waals surface area (Å²) in [5.41, 5.74) is 2.96. The lowest BCUT2D eigenvalue weighted by atomic mass is 10.1. The first-order chi connectivity index (χ1) is 11.9. The Bertz CT molecular complexity index is 730. The van der Waals surface area contributed by atoms with Crippen molar-refractivity contribution in [1.82, 2.24) is 10.6 Å².